The number of hydrogen-bond donors (Lipinski definition) is 0. The van der Waals surface area contributed by atoms with E-state index in [0.717, 1.165) is 16.7 Å². The lowest BCUT2D eigenvalue weighted by molar-refractivity contribution is 0.0595. The van der Waals surface area contributed by atoms with Crippen LogP contribution in [-0.4, -0.2) is 18.2 Å². The maximum atomic E-state index is 14.6. The number of benzene rings is 3. The zero-order chi connectivity index (χ0) is 21.3. The maximum absolute atomic E-state index is 14.6. The summed E-state index contributed by atoms with van der Waals surface area (Å²) in [6.07, 6.45) is 0. The van der Waals surface area contributed by atoms with E-state index in [-0.39, 0.29) is 11.1 Å². The van der Waals surface area contributed by atoms with Gasteiger partial charge < -0.3 is 9.26 Å². The van der Waals surface area contributed by atoms with E-state index in [1.807, 2.05) is 48.5 Å². The summed E-state index contributed by atoms with van der Waals surface area (Å²) < 4.78 is 24.7. The van der Waals surface area contributed by atoms with Gasteiger partial charge in [0.2, 0.25) is 0 Å². The second kappa shape index (κ2) is 8.13. The topological polar surface area (TPSA) is 52.3 Å². The molecule has 150 valence electrons. The fraction of sp³-hybridized carbons (Fsp3) is 0.0833. The van der Waals surface area contributed by atoms with E-state index in [9.17, 15) is 9.18 Å². The number of methoxy groups -OCH3 is 1. The number of esters is 1. The molecule has 3 aromatic carbocycles. The number of halogens is 2. The largest absolute Gasteiger partial charge is 0.465 e. The molecule has 0 radical (unpaired) electrons. The molecule has 0 spiro atoms. The highest BCUT2D eigenvalue weighted by atomic mass is 35.5. The van der Waals surface area contributed by atoms with Crippen LogP contribution in [0.25, 0.3) is 33.7 Å². The highest BCUT2D eigenvalue weighted by Gasteiger charge is 2.19. The predicted molar refractivity (Wildman–Crippen MR) is 114 cm³/mol. The molecule has 0 saturated heterocycles. The summed E-state index contributed by atoms with van der Waals surface area (Å²) in [5.74, 6) is -0.862. The SMILES string of the molecule is COC(=O)c1ccc(-c2cc(-c3ccc(-c4ccccc4)c(Cl)c3)on2)c(C)c1F. The number of rotatable bonds is 4. The Hall–Kier alpha value is -3.44. The molecule has 0 N–H and O–H groups in total. The number of carbonyl (C=O) groups excluding carboxylic acids is 1. The Balaban J connectivity index is 1.68. The first-order chi connectivity index (χ1) is 14.5. The van der Waals surface area contributed by atoms with E-state index in [2.05, 4.69) is 9.89 Å². The van der Waals surface area contributed by atoms with E-state index in [1.165, 1.54) is 13.2 Å². The number of carbonyl (C=O) groups is 1. The van der Waals surface area contributed by atoms with Crippen molar-refractivity contribution < 1.29 is 18.4 Å². The van der Waals surface area contributed by atoms with Crippen LogP contribution in [0.2, 0.25) is 5.02 Å². The summed E-state index contributed by atoms with van der Waals surface area (Å²) >= 11 is 6.49. The van der Waals surface area contributed by atoms with Crippen LogP contribution in [0.15, 0.2) is 71.3 Å². The highest BCUT2D eigenvalue weighted by Crippen LogP contribution is 2.34. The quantitative estimate of drug-likeness (QED) is 0.350. The van der Waals surface area contributed by atoms with Crippen molar-refractivity contribution in [3.05, 3.63) is 88.7 Å². The summed E-state index contributed by atoms with van der Waals surface area (Å²) in [6.45, 7) is 1.58. The fourth-order valence-corrected chi connectivity index (χ4v) is 3.58. The number of nitrogens with zero attached hydrogens (tertiary/aromatic N) is 1. The zero-order valence-corrected chi connectivity index (χ0v) is 17.0. The van der Waals surface area contributed by atoms with Crippen molar-refractivity contribution in [2.24, 2.45) is 0 Å². The second-order valence-electron chi connectivity index (χ2n) is 6.73. The molecule has 0 bridgehead atoms. The number of hydrogen-bond acceptors (Lipinski definition) is 4. The number of aromatic nitrogens is 1. The Kier molecular flexibility index (Phi) is 5.38. The van der Waals surface area contributed by atoms with E-state index < -0.39 is 11.8 Å². The van der Waals surface area contributed by atoms with E-state index in [1.54, 1.807) is 19.1 Å². The predicted octanol–water partition coefficient (Wildman–Crippen LogP) is 6.56. The Bertz CT molecular complexity index is 1230. The lowest BCUT2D eigenvalue weighted by Gasteiger charge is -2.07. The standard InChI is InChI=1S/C24H17ClFNO3/c1-14-17(10-11-19(23(14)26)24(28)29-2)21-13-22(30-27-21)16-8-9-18(20(25)12-16)15-6-4-3-5-7-15/h3-13H,1-2H3. The van der Waals surface area contributed by atoms with Crippen LogP contribution in [0.5, 0.6) is 0 Å². The molecule has 0 aliphatic rings. The third-order valence-electron chi connectivity index (χ3n) is 4.92. The van der Waals surface area contributed by atoms with Crippen molar-refractivity contribution >= 4 is 17.6 Å². The molecule has 4 nitrogen and oxygen atoms in total. The molecule has 0 unspecified atom stereocenters. The molecule has 0 atom stereocenters. The van der Waals surface area contributed by atoms with Gasteiger partial charge in [-0.2, -0.15) is 0 Å². The van der Waals surface area contributed by atoms with Gasteiger partial charge >= 0.3 is 5.97 Å². The van der Waals surface area contributed by atoms with Crippen LogP contribution in [0, 0.1) is 12.7 Å². The van der Waals surface area contributed by atoms with Gasteiger partial charge in [0, 0.05) is 27.8 Å². The minimum atomic E-state index is -0.726. The molecule has 1 heterocycles. The molecule has 30 heavy (non-hydrogen) atoms. The minimum absolute atomic E-state index is 0.120. The second-order valence-corrected chi connectivity index (χ2v) is 7.14. The molecule has 4 aromatic rings. The van der Waals surface area contributed by atoms with E-state index in [0.29, 0.717) is 22.0 Å². The molecular formula is C24H17ClFNO3. The van der Waals surface area contributed by atoms with Crippen molar-refractivity contribution in [3.8, 4) is 33.7 Å². The molecule has 0 aliphatic carbocycles. The van der Waals surface area contributed by atoms with Crippen molar-refractivity contribution in [2.45, 2.75) is 6.92 Å². The first-order valence-corrected chi connectivity index (χ1v) is 9.57. The van der Waals surface area contributed by atoms with Gasteiger partial charge in [0.1, 0.15) is 11.5 Å². The van der Waals surface area contributed by atoms with Gasteiger partial charge in [-0.05, 0) is 30.2 Å². The van der Waals surface area contributed by atoms with Gasteiger partial charge in [-0.25, -0.2) is 9.18 Å². The Morgan fingerprint density at radius 3 is 2.43 bits per heavy atom. The molecule has 0 saturated carbocycles. The highest BCUT2D eigenvalue weighted by molar-refractivity contribution is 6.33. The Morgan fingerprint density at radius 2 is 1.73 bits per heavy atom. The minimum Gasteiger partial charge on any atom is -0.465 e. The molecule has 1 aromatic heterocycles. The Labute approximate surface area is 177 Å². The average Bonchev–Trinajstić information content (AvgIpc) is 3.25. The first kappa shape index (κ1) is 19.9. The fourth-order valence-electron chi connectivity index (χ4n) is 3.29. The van der Waals surface area contributed by atoms with Crippen molar-refractivity contribution in [1.82, 2.24) is 5.16 Å². The van der Waals surface area contributed by atoms with Crippen LogP contribution < -0.4 is 0 Å². The van der Waals surface area contributed by atoms with E-state index >= 15 is 0 Å². The third-order valence-corrected chi connectivity index (χ3v) is 5.23. The van der Waals surface area contributed by atoms with Gasteiger partial charge in [-0.1, -0.05) is 65.3 Å². The van der Waals surface area contributed by atoms with Crippen LogP contribution in [0.4, 0.5) is 4.39 Å². The monoisotopic (exact) mass is 421 g/mol. The summed E-state index contributed by atoms with van der Waals surface area (Å²) in [7, 11) is 1.21. The third kappa shape index (κ3) is 3.60. The lowest BCUT2D eigenvalue weighted by atomic mass is 10.00. The van der Waals surface area contributed by atoms with E-state index in [4.69, 9.17) is 16.1 Å². The summed E-state index contributed by atoms with van der Waals surface area (Å²) in [5, 5.41) is 4.65. The van der Waals surface area contributed by atoms with Gasteiger partial charge in [0.25, 0.3) is 0 Å². The van der Waals surface area contributed by atoms with Gasteiger partial charge in [-0.3, -0.25) is 0 Å². The van der Waals surface area contributed by atoms with Crippen molar-refractivity contribution in [1.29, 1.82) is 0 Å². The molecule has 0 amide bonds. The van der Waals surface area contributed by atoms with Crippen molar-refractivity contribution in [2.75, 3.05) is 7.11 Å². The van der Waals surface area contributed by atoms with Gasteiger partial charge in [-0.15, -0.1) is 0 Å². The van der Waals surface area contributed by atoms with Crippen LogP contribution in [0.1, 0.15) is 15.9 Å². The molecule has 6 heteroatoms. The zero-order valence-electron chi connectivity index (χ0n) is 16.3. The lowest BCUT2D eigenvalue weighted by Crippen LogP contribution is -2.06. The van der Waals surface area contributed by atoms with Crippen LogP contribution in [0.3, 0.4) is 0 Å². The van der Waals surface area contributed by atoms with Crippen LogP contribution >= 0.6 is 11.6 Å². The Morgan fingerprint density at radius 1 is 1.00 bits per heavy atom. The maximum Gasteiger partial charge on any atom is 0.340 e. The summed E-state index contributed by atoms with van der Waals surface area (Å²) in [4.78, 5) is 11.7. The summed E-state index contributed by atoms with van der Waals surface area (Å²) in [5.41, 5.74) is 3.84. The van der Waals surface area contributed by atoms with Crippen LogP contribution in [-0.2, 0) is 4.74 Å². The molecule has 4 rings (SSSR count). The smallest absolute Gasteiger partial charge is 0.340 e. The van der Waals surface area contributed by atoms with Gasteiger partial charge in [0.05, 0.1) is 12.7 Å². The molecular weight excluding hydrogens is 405 g/mol. The first-order valence-electron chi connectivity index (χ1n) is 9.19. The number of ether oxygens (including phenoxy) is 1. The summed E-state index contributed by atoms with van der Waals surface area (Å²) in [6, 6.07) is 20.2. The average molecular weight is 422 g/mol. The van der Waals surface area contributed by atoms with Gasteiger partial charge in [0.15, 0.2) is 5.76 Å². The molecule has 0 fully saturated rings. The normalized spacial score (nSPS) is 10.8. The van der Waals surface area contributed by atoms with Crippen molar-refractivity contribution in [3.63, 3.8) is 0 Å². The molecule has 0 aliphatic heterocycles.